The van der Waals surface area contributed by atoms with Crippen LogP contribution in [0.2, 0.25) is 0 Å². The summed E-state index contributed by atoms with van der Waals surface area (Å²) in [6.07, 6.45) is 5.40. The highest BCUT2D eigenvalue weighted by atomic mass is 32.2. The Morgan fingerprint density at radius 1 is 1.05 bits per heavy atom. The molecule has 4 heteroatoms. The third-order valence-electron chi connectivity index (χ3n) is 3.40. The molecular weight excluding hydrogens is 254 g/mol. The minimum absolute atomic E-state index is 0.910. The van der Waals surface area contributed by atoms with Crippen LogP contribution in [0.3, 0.4) is 0 Å². The van der Waals surface area contributed by atoms with Gasteiger partial charge in [-0.3, -0.25) is 9.58 Å². The van der Waals surface area contributed by atoms with Crippen molar-refractivity contribution in [3.63, 3.8) is 0 Å². The number of aromatic nitrogens is 2. The van der Waals surface area contributed by atoms with Crippen LogP contribution in [0.5, 0.6) is 0 Å². The highest BCUT2D eigenvalue weighted by Crippen LogP contribution is 2.18. The summed E-state index contributed by atoms with van der Waals surface area (Å²) in [5, 5.41) is 4.49. The summed E-state index contributed by atoms with van der Waals surface area (Å²) < 4.78 is 2.05. The Labute approximate surface area is 118 Å². The lowest BCUT2D eigenvalue weighted by Crippen LogP contribution is -2.28. The lowest BCUT2D eigenvalue weighted by Gasteiger charge is -2.18. The van der Waals surface area contributed by atoms with Crippen molar-refractivity contribution < 1.29 is 0 Å². The van der Waals surface area contributed by atoms with Gasteiger partial charge in [0.15, 0.2) is 0 Å². The molecule has 1 aliphatic heterocycles. The fraction of sp³-hybridized carbons (Fsp3) is 0.400. The van der Waals surface area contributed by atoms with Crippen LogP contribution in [-0.4, -0.2) is 39.3 Å². The van der Waals surface area contributed by atoms with Gasteiger partial charge in [-0.2, -0.15) is 16.9 Å². The highest BCUT2D eigenvalue weighted by Gasteiger charge is 2.10. The molecule has 1 aromatic heterocycles. The molecule has 1 fully saturated rings. The van der Waals surface area contributed by atoms with Crippen molar-refractivity contribution in [2.24, 2.45) is 0 Å². The molecule has 1 saturated heterocycles. The zero-order valence-corrected chi connectivity index (χ0v) is 11.9. The molecule has 0 spiro atoms. The topological polar surface area (TPSA) is 21.1 Å². The summed E-state index contributed by atoms with van der Waals surface area (Å²) >= 11 is 2.06. The van der Waals surface area contributed by atoms with Crippen LogP contribution in [0, 0.1) is 0 Å². The van der Waals surface area contributed by atoms with Crippen molar-refractivity contribution in [3.05, 3.63) is 42.7 Å². The Hall–Kier alpha value is -1.26. The van der Waals surface area contributed by atoms with E-state index in [4.69, 9.17) is 0 Å². The molecule has 0 saturated carbocycles. The van der Waals surface area contributed by atoms with Crippen LogP contribution >= 0.6 is 11.8 Å². The maximum Gasteiger partial charge on any atom is 0.0929 e. The predicted molar refractivity (Wildman–Crippen MR) is 81.2 cm³/mol. The van der Waals surface area contributed by atoms with E-state index >= 15 is 0 Å². The Morgan fingerprint density at radius 2 is 1.95 bits per heavy atom. The minimum atomic E-state index is 0.910. The second kappa shape index (κ2) is 6.26. The minimum Gasteiger partial charge on any atom is -0.284 e. The lowest BCUT2D eigenvalue weighted by atomic mass is 10.1. The third kappa shape index (κ3) is 3.39. The standard InChI is InChI=1S/C15H19N3S/c1-2-5-14(6-3-1)15-11-16-18(12-15)13-17-7-4-9-19-10-8-17/h1-3,5-6,11-12H,4,7-10,13H2. The first-order chi connectivity index (χ1) is 9.42. The average Bonchev–Trinajstić information content (AvgIpc) is 2.76. The van der Waals surface area contributed by atoms with E-state index in [-0.39, 0.29) is 0 Å². The van der Waals surface area contributed by atoms with Crippen molar-refractivity contribution in [1.29, 1.82) is 0 Å². The molecule has 19 heavy (non-hydrogen) atoms. The largest absolute Gasteiger partial charge is 0.284 e. The van der Waals surface area contributed by atoms with Crippen molar-refractivity contribution in [2.45, 2.75) is 13.1 Å². The van der Waals surface area contributed by atoms with Crippen LogP contribution in [0.15, 0.2) is 42.7 Å². The molecule has 3 rings (SSSR count). The quantitative estimate of drug-likeness (QED) is 0.858. The molecule has 0 unspecified atom stereocenters. The third-order valence-corrected chi connectivity index (χ3v) is 4.45. The fourth-order valence-electron chi connectivity index (χ4n) is 2.36. The first-order valence-electron chi connectivity index (χ1n) is 6.80. The highest BCUT2D eigenvalue weighted by molar-refractivity contribution is 7.99. The number of nitrogens with zero attached hydrogens (tertiary/aromatic N) is 3. The summed E-state index contributed by atoms with van der Waals surface area (Å²) in [5.74, 6) is 2.54. The smallest absolute Gasteiger partial charge is 0.0929 e. The van der Waals surface area contributed by atoms with Crippen LogP contribution in [0.4, 0.5) is 0 Å². The van der Waals surface area contributed by atoms with Crippen molar-refractivity contribution >= 4 is 11.8 Å². The van der Waals surface area contributed by atoms with Crippen LogP contribution in [0.1, 0.15) is 6.42 Å². The van der Waals surface area contributed by atoms with E-state index in [1.165, 1.54) is 42.1 Å². The molecular formula is C15H19N3S. The maximum absolute atomic E-state index is 4.49. The molecule has 0 N–H and O–H groups in total. The van der Waals surface area contributed by atoms with Gasteiger partial charge in [-0.1, -0.05) is 30.3 Å². The van der Waals surface area contributed by atoms with E-state index in [1.807, 2.05) is 12.3 Å². The van der Waals surface area contributed by atoms with E-state index < -0.39 is 0 Å². The van der Waals surface area contributed by atoms with Crippen LogP contribution in [-0.2, 0) is 6.67 Å². The molecule has 0 aliphatic carbocycles. The van der Waals surface area contributed by atoms with Gasteiger partial charge in [0.2, 0.25) is 0 Å². The van der Waals surface area contributed by atoms with E-state index in [2.05, 4.69) is 56.9 Å². The predicted octanol–water partition coefficient (Wildman–Crippen LogP) is 2.95. The second-order valence-electron chi connectivity index (χ2n) is 4.86. The van der Waals surface area contributed by atoms with Gasteiger partial charge in [0.25, 0.3) is 0 Å². The van der Waals surface area contributed by atoms with E-state index in [1.54, 1.807) is 0 Å². The monoisotopic (exact) mass is 273 g/mol. The van der Waals surface area contributed by atoms with Gasteiger partial charge in [0.1, 0.15) is 0 Å². The van der Waals surface area contributed by atoms with Gasteiger partial charge in [0.05, 0.1) is 12.9 Å². The summed E-state index contributed by atoms with van der Waals surface area (Å²) in [7, 11) is 0. The van der Waals surface area contributed by atoms with Gasteiger partial charge in [-0.05, 0) is 17.7 Å². The van der Waals surface area contributed by atoms with Crippen LogP contribution < -0.4 is 0 Å². The lowest BCUT2D eigenvalue weighted by molar-refractivity contribution is 0.223. The molecule has 100 valence electrons. The summed E-state index contributed by atoms with van der Waals surface area (Å²) in [5.41, 5.74) is 2.44. The molecule has 0 atom stereocenters. The van der Waals surface area contributed by atoms with E-state index in [0.29, 0.717) is 0 Å². The number of hydrogen-bond donors (Lipinski definition) is 0. The van der Waals surface area contributed by atoms with Gasteiger partial charge < -0.3 is 0 Å². The number of hydrogen-bond acceptors (Lipinski definition) is 3. The summed E-state index contributed by atoms with van der Waals surface area (Å²) in [6.45, 7) is 3.27. The molecule has 1 aromatic carbocycles. The van der Waals surface area contributed by atoms with Gasteiger partial charge >= 0.3 is 0 Å². The Bertz CT molecular complexity index is 501. The molecule has 1 aliphatic rings. The molecule has 3 nitrogen and oxygen atoms in total. The Morgan fingerprint density at radius 3 is 2.84 bits per heavy atom. The molecule has 2 heterocycles. The molecule has 2 aromatic rings. The van der Waals surface area contributed by atoms with Crippen molar-refractivity contribution in [2.75, 3.05) is 24.6 Å². The normalized spacial score (nSPS) is 17.3. The zero-order chi connectivity index (χ0) is 12.9. The maximum atomic E-state index is 4.49. The van der Waals surface area contributed by atoms with Crippen molar-refractivity contribution in [3.8, 4) is 11.1 Å². The Balaban J connectivity index is 1.68. The number of benzene rings is 1. The first kappa shape index (κ1) is 12.8. The fourth-order valence-corrected chi connectivity index (χ4v) is 3.29. The average molecular weight is 273 g/mol. The first-order valence-corrected chi connectivity index (χ1v) is 7.95. The molecule has 0 bridgehead atoms. The molecule has 0 amide bonds. The second-order valence-corrected chi connectivity index (χ2v) is 6.08. The van der Waals surface area contributed by atoms with Gasteiger partial charge in [-0.15, -0.1) is 0 Å². The zero-order valence-electron chi connectivity index (χ0n) is 11.0. The SMILES string of the molecule is c1ccc(-c2cnn(CN3CCCSCC3)c2)cc1. The summed E-state index contributed by atoms with van der Waals surface area (Å²) in [6, 6.07) is 10.4. The summed E-state index contributed by atoms with van der Waals surface area (Å²) in [4.78, 5) is 2.49. The van der Waals surface area contributed by atoms with E-state index in [9.17, 15) is 0 Å². The van der Waals surface area contributed by atoms with Gasteiger partial charge in [-0.25, -0.2) is 0 Å². The van der Waals surface area contributed by atoms with Crippen LogP contribution in [0.25, 0.3) is 11.1 Å². The van der Waals surface area contributed by atoms with Gasteiger partial charge in [0, 0.05) is 30.6 Å². The van der Waals surface area contributed by atoms with Crippen molar-refractivity contribution in [1.82, 2.24) is 14.7 Å². The molecule has 0 radical (unpaired) electrons. The van der Waals surface area contributed by atoms with E-state index in [0.717, 1.165) is 6.67 Å². The Kier molecular flexibility index (Phi) is 4.20. The number of thioether (sulfide) groups is 1. The number of rotatable bonds is 3.